The molecule has 4 rings (SSSR count). The van der Waals surface area contributed by atoms with E-state index in [2.05, 4.69) is 19.6 Å². The van der Waals surface area contributed by atoms with Crippen LogP contribution in [0.4, 0.5) is 0 Å². The number of unbranched alkanes of at least 4 members (excludes halogenated alkanes) is 3. The van der Waals surface area contributed by atoms with E-state index < -0.39 is 0 Å². The van der Waals surface area contributed by atoms with Crippen LogP contribution in [0.5, 0.6) is 5.75 Å². The van der Waals surface area contributed by atoms with Gasteiger partial charge in [0.2, 0.25) is 0 Å². The number of carbonyl (C=O) groups is 1. The molecule has 0 atom stereocenters. The molecule has 0 bridgehead atoms. The minimum Gasteiger partial charge on any atom is -0.489 e. The van der Waals surface area contributed by atoms with Crippen LogP contribution in [0.15, 0.2) is 72.3 Å². The first-order valence-electron chi connectivity index (χ1n) is 12.3. The molecule has 1 aliphatic rings. The van der Waals surface area contributed by atoms with E-state index in [4.69, 9.17) is 22.1 Å². The zero-order chi connectivity index (χ0) is 25.5. The van der Waals surface area contributed by atoms with Crippen LogP contribution in [-0.2, 0) is 4.79 Å². The summed E-state index contributed by atoms with van der Waals surface area (Å²) in [6.07, 6.45) is 10.0. The molecule has 2 heterocycles. The molecule has 1 aliphatic heterocycles. The molecule has 2 aromatic carbocycles. The topological polar surface area (TPSA) is 47.4 Å². The number of amides is 1. The number of aryl methyl sites for hydroxylation is 1. The van der Waals surface area contributed by atoms with Crippen LogP contribution in [0.25, 0.3) is 23.0 Å². The predicted octanol–water partition coefficient (Wildman–Crippen LogP) is 7.19. The summed E-state index contributed by atoms with van der Waals surface area (Å²) >= 11 is 6.92. The van der Waals surface area contributed by atoms with E-state index in [9.17, 15) is 4.79 Å². The third-order valence-corrected chi connectivity index (χ3v) is 7.34. The van der Waals surface area contributed by atoms with Crippen molar-refractivity contribution in [3.8, 4) is 22.7 Å². The lowest BCUT2D eigenvalue weighted by atomic mass is 10.0. The van der Waals surface area contributed by atoms with Gasteiger partial charge in [-0.15, -0.1) is 0 Å². The number of ether oxygens (including phenoxy) is 1. The Balaban J connectivity index is 1.68. The number of hydrogen-bond acceptors (Lipinski definition) is 5. The highest BCUT2D eigenvalue weighted by molar-refractivity contribution is 8.26. The Kier molecular flexibility index (Phi) is 8.78. The van der Waals surface area contributed by atoms with E-state index in [0.29, 0.717) is 22.4 Å². The van der Waals surface area contributed by atoms with Gasteiger partial charge in [0.15, 0.2) is 0 Å². The van der Waals surface area contributed by atoms with Gasteiger partial charge in [-0.2, -0.15) is 5.10 Å². The molecule has 0 spiro atoms. The van der Waals surface area contributed by atoms with Gasteiger partial charge in [-0.3, -0.25) is 9.69 Å². The first-order chi connectivity index (χ1) is 17.5. The van der Waals surface area contributed by atoms with Crippen molar-refractivity contribution in [2.45, 2.75) is 39.5 Å². The fourth-order valence-electron chi connectivity index (χ4n) is 4.07. The van der Waals surface area contributed by atoms with Crippen LogP contribution in [0, 0.1) is 6.92 Å². The third-order valence-electron chi connectivity index (χ3n) is 5.96. The lowest BCUT2D eigenvalue weighted by Crippen LogP contribution is -2.29. The highest BCUT2D eigenvalue weighted by Gasteiger charge is 2.32. The van der Waals surface area contributed by atoms with Gasteiger partial charge in [0.05, 0.1) is 10.6 Å². The number of nitrogens with zero attached hydrogens (tertiary/aromatic N) is 3. The number of thioether (sulfide) groups is 1. The molecule has 186 valence electrons. The maximum absolute atomic E-state index is 13.2. The number of carbonyl (C=O) groups excluding carboxylic acids is 1. The van der Waals surface area contributed by atoms with E-state index in [1.54, 1.807) is 11.0 Å². The molecule has 0 unspecified atom stereocenters. The summed E-state index contributed by atoms with van der Waals surface area (Å²) in [4.78, 5) is 15.6. The number of thiocarbonyl (C=S) groups is 1. The van der Waals surface area contributed by atoms with E-state index in [0.717, 1.165) is 53.1 Å². The largest absolute Gasteiger partial charge is 0.489 e. The monoisotopic (exact) mass is 517 g/mol. The molecule has 5 nitrogen and oxygen atoms in total. The molecule has 1 amide bonds. The van der Waals surface area contributed by atoms with Gasteiger partial charge in [-0.1, -0.05) is 81.0 Å². The van der Waals surface area contributed by atoms with E-state index in [1.807, 2.05) is 66.3 Å². The van der Waals surface area contributed by atoms with Gasteiger partial charge in [-0.05, 0) is 55.3 Å². The quantitative estimate of drug-likeness (QED) is 0.117. The van der Waals surface area contributed by atoms with Crippen LogP contribution in [0.1, 0.15) is 43.7 Å². The molecular weight excluding hydrogens is 486 g/mol. The summed E-state index contributed by atoms with van der Waals surface area (Å²) in [6, 6.07) is 16.0. The summed E-state index contributed by atoms with van der Waals surface area (Å²) in [7, 11) is 0. The summed E-state index contributed by atoms with van der Waals surface area (Å²) in [5.74, 6) is 0.788. The second kappa shape index (κ2) is 12.2. The number of rotatable bonds is 11. The lowest BCUT2D eigenvalue weighted by molar-refractivity contribution is -0.122. The molecule has 3 aromatic rings. The van der Waals surface area contributed by atoms with Crippen molar-refractivity contribution in [2.75, 3.05) is 13.2 Å². The van der Waals surface area contributed by atoms with Crippen LogP contribution in [-0.4, -0.2) is 38.1 Å². The first-order valence-corrected chi connectivity index (χ1v) is 13.5. The molecule has 0 aliphatic carbocycles. The van der Waals surface area contributed by atoms with Crippen molar-refractivity contribution in [3.05, 3.63) is 83.4 Å². The van der Waals surface area contributed by atoms with Crippen molar-refractivity contribution in [3.63, 3.8) is 0 Å². The van der Waals surface area contributed by atoms with Gasteiger partial charge in [0, 0.05) is 23.9 Å². The molecule has 1 fully saturated rings. The molecule has 0 saturated carbocycles. The minimum absolute atomic E-state index is 0.0238. The molecular formula is C29H31N3O2S2. The smallest absolute Gasteiger partial charge is 0.266 e. The van der Waals surface area contributed by atoms with Gasteiger partial charge >= 0.3 is 0 Å². The normalized spacial score (nSPS) is 14.6. The van der Waals surface area contributed by atoms with E-state index in [-0.39, 0.29) is 5.91 Å². The van der Waals surface area contributed by atoms with Gasteiger partial charge in [0.1, 0.15) is 22.4 Å². The molecule has 7 heteroatoms. The average molecular weight is 518 g/mol. The van der Waals surface area contributed by atoms with E-state index in [1.165, 1.54) is 18.2 Å². The third kappa shape index (κ3) is 5.97. The second-order valence-electron chi connectivity index (χ2n) is 8.69. The van der Waals surface area contributed by atoms with Crippen molar-refractivity contribution in [1.82, 2.24) is 14.7 Å². The summed E-state index contributed by atoms with van der Waals surface area (Å²) < 4.78 is 8.23. The van der Waals surface area contributed by atoms with Crippen molar-refractivity contribution in [2.24, 2.45) is 0 Å². The minimum atomic E-state index is -0.0238. The fraction of sp³-hybridized carbons (Fsp3) is 0.276. The Morgan fingerprint density at radius 3 is 2.67 bits per heavy atom. The highest BCUT2D eigenvalue weighted by atomic mass is 32.2. The Morgan fingerprint density at radius 1 is 1.14 bits per heavy atom. The zero-order valence-electron chi connectivity index (χ0n) is 20.8. The second-order valence-corrected chi connectivity index (χ2v) is 10.4. The highest BCUT2D eigenvalue weighted by Crippen LogP contribution is 2.36. The molecule has 36 heavy (non-hydrogen) atoms. The van der Waals surface area contributed by atoms with Gasteiger partial charge in [0.25, 0.3) is 5.91 Å². The van der Waals surface area contributed by atoms with Crippen LogP contribution >= 0.6 is 24.0 Å². The van der Waals surface area contributed by atoms with Crippen LogP contribution in [0.3, 0.4) is 0 Å². The Labute approximate surface area is 222 Å². The first kappa shape index (κ1) is 25.9. The fourth-order valence-corrected chi connectivity index (χ4v) is 5.37. The summed E-state index contributed by atoms with van der Waals surface area (Å²) in [6.45, 7) is 9.03. The van der Waals surface area contributed by atoms with E-state index >= 15 is 0 Å². The predicted molar refractivity (Wildman–Crippen MR) is 153 cm³/mol. The maximum Gasteiger partial charge on any atom is 0.266 e. The van der Waals surface area contributed by atoms with Crippen LogP contribution in [0.2, 0.25) is 0 Å². The van der Waals surface area contributed by atoms with Crippen LogP contribution < -0.4 is 4.74 Å². The summed E-state index contributed by atoms with van der Waals surface area (Å²) in [5.41, 5.74) is 4.57. The Hall–Kier alpha value is -3.16. The maximum atomic E-state index is 13.2. The number of hydrogen-bond donors (Lipinski definition) is 0. The Morgan fingerprint density at radius 2 is 1.94 bits per heavy atom. The van der Waals surface area contributed by atoms with Crippen molar-refractivity contribution >= 4 is 40.3 Å². The number of para-hydroxylation sites is 1. The molecule has 0 N–H and O–H groups in total. The SMILES string of the molecule is C=CCOc1ccc(-c2nn(-c3ccccc3)cc2C=C2SC(=S)N(CCCCCC)C2=O)cc1C. The Bertz CT molecular complexity index is 1280. The number of benzene rings is 2. The standard InChI is InChI=1S/C29H31N3O2S2/c1-4-6-7-11-16-31-28(33)26(36-29(31)35)19-23-20-32(24-12-9-8-10-13-24)30-27(23)22-14-15-25(21(3)18-22)34-17-5-2/h5,8-10,12-15,18-20H,2,4,6-7,11,16-17H2,1,3H3. The van der Waals surface area contributed by atoms with Gasteiger partial charge in [-0.25, -0.2) is 4.68 Å². The summed E-state index contributed by atoms with van der Waals surface area (Å²) in [5, 5.41) is 4.91. The van der Waals surface area contributed by atoms with Crippen molar-refractivity contribution < 1.29 is 9.53 Å². The molecule has 0 radical (unpaired) electrons. The zero-order valence-corrected chi connectivity index (χ0v) is 22.4. The molecule has 1 aromatic heterocycles. The van der Waals surface area contributed by atoms with Crippen molar-refractivity contribution in [1.29, 1.82) is 0 Å². The molecule has 1 saturated heterocycles. The van der Waals surface area contributed by atoms with Gasteiger partial charge < -0.3 is 4.74 Å². The lowest BCUT2D eigenvalue weighted by Gasteiger charge is -2.13. The average Bonchev–Trinajstić information content (AvgIpc) is 3.42. The number of aromatic nitrogens is 2.